The average Bonchev–Trinajstić information content (AvgIpc) is 3.31. The smallest absolute Gasteiger partial charge is 0.247 e. The molecule has 184 valence electrons. The highest BCUT2D eigenvalue weighted by Crippen LogP contribution is 2.30. The number of anilines is 4. The monoisotopic (exact) mass is 488 g/mol. The lowest BCUT2D eigenvalue weighted by Crippen LogP contribution is -2.44. The van der Waals surface area contributed by atoms with Crippen molar-refractivity contribution in [1.29, 1.82) is 0 Å². The summed E-state index contributed by atoms with van der Waals surface area (Å²) in [7, 11) is 2.01. The van der Waals surface area contributed by atoms with Crippen LogP contribution in [0.1, 0.15) is 0 Å². The predicted octanol–water partition coefficient (Wildman–Crippen LogP) is 4.90. The Morgan fingerprint density at radius 2 is 1.86 bits per heavy atom. The molecule has 1 fully saturated rings. The number of carbonyl (C=O) groups is 1. The van der Waals surface area contributed by atoms with E-state index < -0.39 is 11.6 Å². The normalized spacial score (nSPS) is 14.1. The van der Waals surface area contributed by atoms with Crippen molar-refractivity contribution in [3.63, 3.8) is 0 Å². The van der Waals surface area contributed by atoms with Crippen molar-refractivity contribution in [1.82, 2.24) is 14.3 Å². The minimum absolute atomic E-state index is 0.0140. The molecule has 3 heterocycles. The van der Waals surface area contributed by atoms with Gasteiger partial charge in [0.1, 0.15) is 5.82 Å². The highest BCUT2D eigenvalue weighted by Gasteiger charge is 2.21. The highest BCUT2D eigenvalue weighted by molar-refractivity contribution is 5.99. The number of nitrogens with zero attached hydrogens (tertiary/aromatic N) is 4. The molecule has 2 N–H and O–H groups in total. The van der Waals surface area contributed by atoms with Gasteiger partial charge in [0.05, 0.1) is 35.0 Å². The number of hydrogen-bond donors (Lipinski definition) is 2. The van der Waals surface area contributed by atoms with Crippen LogP contribution >= 0.6 is 0 Å². The van der Waals surface area contributed by atoms with Crippen molar-refractivity contribution >= 4 is 34.3 Å². The molecule has 2 aromatic heterocycles. The van der Waals surface area contributed by atoms with Gasteiger partial charge < -0.3 is 24.8 Å². The summed E-state index contributed by atoms with van der Waals surface area (Å²) in [5.41, 5.74) is 3.46. The Labute approximate surface area is 207 Å². The zero-order valence-electron chi connectivity index (χ0n) is 19.8. The number of amides is 1. The van der Waals surface area contributed by atoms with Gasteiger partial charge in [-0.3, -0.25) is 4.79 Å². The van der Waals surface area contributed by atoms with E-state index >= 15 is 4.39 Å². The quantitative estimate of drug-likeness (QED) is 0.378. The van der Waals surface area contributed by atoms with Gasteiger partial charge in [-0.2, -0.15) is 0 Å². The summed E-state index contributed by atoms with van der Waals surface area (Å²) in [6.45, 7) is 6.36. The van der Waals surface area contributed by atoms with E-state index in [1.807, 2.05) is 46.7 Å². The van der Waals surface area contributed by atoms with Gasteiger partial charge in [-0.05, 0) is 49.5 Å². The lowest BCUT2D eigenvalue weighted by atomic mass is 10.1. The first kappa shape index (κ1) is 23.5. The van der Waals surface area contributed by atoms with Crippen LogP contribution in [0.25, 0.3) is 16.8 Å². The van der Waals surface area contributed by atoms with Crippen LogP contribution in [-0.2, 0) is 4.79 Å². The first-order chi connectivity index (χ1) is 17.4. The second-order valence-corrected chi connectivity index (χ2v) is 8.74. The number of nitrogens with one attached hydrogen (secondary N) is 2. The summed E-state index contributed by atoms with van der Waals surface area (Å²) in [4.78, 5) is 20.1. The van der Waals surface area contributed by atoms with Gasteiger partial charge in [-0.25, -0.2) is 13.8 Å². The molecular formula is C27H26F2N6O. The zero-order valence-corrected chi connectivity index (χ0v) is 19.8. The van der Waals surface area contributed by atoms with Gasteiger partial charge in [-0.15, -0.1) is 0 Å². The molecule has 0 aliphatic carbocycles. The van der Waals surface area contributed by atoms with Gasteiger partial charge in [0.15, 0.2) is 11.6 Å². The minimum atomic E-state index is -0.938. The molecule has 0 saturated carbocycles. The van der Waals surface area contributed by atoms with Gasteiger partial charge in [-0.1, -0.05) is 18.7 Å². The van der Waals surface area contributed by atoms with Crippen molar-refractivity contribution in [2.75, 3.05) is 48.8 Å². The number of halogens is 2. The maximum absolute atomic E-state index is 15.0. The van der Waals surface area contributed by atoms with E-state index in [9.17, 15) is 9.18 Å². The molecule has 9 heteroatoms. The van der Waals surface area contributed by atoms with Crippen molar-refractivity contribution in [3.8, 4) is 11.3 Å². The van der Waals surface area contributed by atoms with E-state index in [4.69, 9.17) is 0 Å². The molecule has 7 nitrogen and oxygen atoms in total. The molecule has 1 aliphatic heterocycles. The molecule has 5 rings (SSSR count). The third-order valence-corrected chi connectivity index (χ3v) is 6.32. The number of rotatable bonds is 6. The second-order valence-electron chi connectivity index (χ2n) is 8.74. The van der Waals surface area contributed by atoms with Crippen LogP contribution in [-0.4, -0.2) is 53.4 Å². The summed E-state index contributed by atoms with van der Waals surface area (Å²) >= 11 is 0. The number of likely N-dealkylation sites (N-methyl/N-ethyl adjacent to an activating group) is 1. The number of aromatic nitrogens is 2. The zero-order chi connectivity index (χ0) is 25.2. The van der Waals surface area contributed by atoms with Crippen LogP contribution in [0, 0.1) is 11.6 Å². The molecule has 1 amide bonds. The number of piperazine rings is 1. The summed E-state index contributed by atoms with van der Waals surface area (Å²) in [6.07, 6.45) is 4.59. The molecule has 0 atom stereocenters. The molecular weight excluding hydrogens is 462 g/mol. The summed E-state index contributed by atoms with van der Waals surface area (Å²) < 4.78 is 31.9. The van der Waals surface area contributed by atoms with E-state index in [0.29, 0.717) is 24.6 Å². The van der Waals surface area contributed by atoms with Gasteiger partial charge in [0.25, 0.3) is 0 Å². The summed E-state index contributed by atoms with van der Waals surface area (Å²) in [5.74, 6) is -1.74. The van der Waals surface area contributed by atoms with Gasteiger partial charge >= 0.3 is 0 Å². The molecule has 36 heavy (non-hydrogen) atoms. The van der Waals surface area contributed by atoms with Gasteiger partial charge in [0.2, 0.25) is 5.91 Å². The Kier molecular flexibility index (Phi) is 6.39. The van der Waals surface area contributed by atoms with Crippen LogP contribution in [0.15, 0.2) is 73.6 Å². The number of carbonyl (C=O) groups excluding carboxylic acids is 1. The lowest BCUT2D eigenvalue weighted by Gasteiger charge is -2.34. The van der Waals surface area contributed by atoms with Crippen molar-refractivity contribution in [2.24, 2.45) is 0 Å². The standard InChI is InChI=1S/C27H26F2N6O/c1-3-25(36)31-19-6-4-5-18(15-19)22-9-7-20-16-30-24(17-35(20)22)32-21-8-10-23(27(29)26(21)28)34-13-11-33(2)12-14-34/h3-10,15-17,32H,1,11-14H2,2H3,(H,31,36). The molecule has 0 spiro atoms. The minimum Gasteiger partial charge on any atom is -0.367 e. The highest BCUT2D eigenvalue weighted by atomic mass is 19.2. The Morgan fingerprint density at radius 1 is 1.06 bits per heavy atom. The van der Waals surface area contributed by atoms with E-state index in [2.05, 4.69) is 27.1 Å². The maximum atomic E-state index is 15.0. The van der Waals surface area contributed by atoms with Crippen LogP contribution in [0.3, 0.4) is 0 Å². The fourth-order valence-electron chi connectivity index (χ4n) is 4.32. The van der Waals surface area contributed by atoms with Crippen LogP contribution in [0.4, 0.5) is 31.7 Å². The molecule has 0 radical (unpaired) electrons. The second kappa shape index (κ2) is 9.79. The largest absolute Gasteiger partial charge is 0.367 e. The fraction of sp³-hybridized carbons (Fsp3) is 0.185. The van der Waals surface area contributed by atoms with Crippen LogP contribution in [0.5, 0.6) is 0 Å². The third kappa shape index (κ3) is 4.65. The van der Waals surface area contributed by atoms with E-state index in [1.165, 1.54) is 6.08 Å². The van der Waals surface area contributed by atoms with Crippen molar-refractivity contribution in [2.45, 2.75) is 0 Å². The molecule has 0 bridgehead atoms. The lowest BCUT2D eigenvalue weighted by molar-refractivity contribution is -0.111. The van der Waals surface area contributed by atoms with E-state index in [1.54, 1.807) is 30.6 Å². The van der Waals surface area contributed by atoms with E-state index in [0.717, 1.165) is 29.9 Å². The topological polar surface area (TPSA) is 64.9 Å². The molecule has 2 aromatic carbocycles. The van der Waals surface area contributed by atoms with Gasteiger partial charge in [0, 0.05) is 37.4 Å². The molecule has 0 unspecified atom stereocenters. The summed E-state index contributed by atoms with van der Waals surface area (Å²) in [5, 5.41) is 5.67. The average molecular weight is 489 g/mol. The van der Waals surface area contributed by atoms with Crippen molar-refractivity contribution < 1.29 is 13.6 Å². The number of hydrogen-bond acceptors (Lipinski definition) is 5. The molecule has 1 saturated heterocycles. The maximum Gasteiger partial charge on any atom is 0.247 e. The third-order valence-electron chi connectivity index (χ3n) is 6.32. The predicted molar refractivity (Wildman–Crippen MR) is 139 cm³/mol. The Bertz CT molecular complexity index is 1440. The van der Waals surface area contributed by atoms with Crippen LogP contribution in [0.2, 0.25) is 0 Å². The Balaban J connectivity index is 1.42. The number of fused-ring (bicyclic) bond motifs is 1. The van der Waals surface area contributed by atoms with E-state index in [-0.39, 0.29) is 17.3 Å². The SMILES string of the molecule is C=CC(=O)Nc1cccc(-c2ccc3cnc(Nc4ccc(N5CCN(C)CC5)c(F)c4F)cn23)c1. The van der Waals surface area contributed by atoms with Crippen LogP contribution < -0.4 is 15.5 Å². The Morgan fingerprint density at radius 3 is 2.64 bits per heavy atom. The fourth-order valence-corrected chi connectivity index (χ4v) is 4.32. The first-order valence-electron chi connectivity index (χ1n) is 11.6. The molecule has 1 aliphatic rings. The first-order valence-corrected chi connectivity index (χ1v) is 11.6. The van der Waals surface area contributed by atoms with Crippen molar-refractivity contribution in [3.05, 3.63) is 85.2 Å². The summed E-state index contributed by atoms with van der Waals surface area (Å²) in [6, 6.07) is 14.4. The number of benzene rings is 2. The molecule has 4 aromatic rings. The Hall–Kier alpha value is -4.24.